The van der Waals surface area contributed by atoms with E-state index >= 15 is 0 Å². The van der Waals surface area contributed by atoms with Gasteiger partial charge in [0.1, 0.15) is 11.7 Å². The topological polar surface area (TPSA) is 76.9 Å². The van der Waals surface area contributed by atoms with Crippen LogP contribution in [0.2, 0.25) is 0 Å². The number of carbonyl (C=O) groups is 1. The summed E-state index contributed by atoms with van der Waals surface area (Å²) in [6.07, 6.45) is 0. The van der Waals surface area contributed by atoms with Crippen LogP contribution in [0.3, 0.4) is 0 Å². The first-order valence-corrected chi connectivity index (χ1v) is 10.7. The van der Waals surface area contributed by atoms with Crippen LogP contribution < -0.4 is 10.9 Å². The lowest BCUT2D eigenvalue weighted by atomic mass is 10.1. The molecule has 0 fully saturated rings. The molecule has 0 saturated heterocycles. The lowest BCUT2D eigenvalue weighted by Gasteiger charge is -2.16. The molecule has 4 aromatic rings. The molecule has 0 bridgehead atoms. The molecule has 0 saturated carbocycles. The molecular weight excluding hydrogens is 404 g/mol. The van der Waals surface area contributed by atoms with Crippen molar-refractivity contribution in [1.82, 2.24) is 14.8 Å². The SMILES string of the molecule is Cc1nc(-c2ccccc2NC(=O)[C@@H](C)n2nc(-c3cccs3)ccc2=O)cs1. The maximum atomic E-state index is 12.9. The second-order valence-electron chi connectivity index (χ2n) is 6.44. The quantitative estimate of drug-likeness (QED) is 0.510. The van der Waals surface area contributed by atoms with Gasteiger partial charge in [-0.2, -0.15) is 5.10 Å². The number of aromatic nitrogens is 3. The van der Waals surface area contributed by atoms with Crippen LogP contribution >= 0.6 is 22.7 Å². The predicted molar refractivity (Wildman–Crippen MR) is 117 cm³/mol. The summed E-state index contributed by atoms with van der Waals surface area (Å²) in [5.41, 5.74) is 2.64. The number of carbonyl (C=O) groups excluding carboxylic acids is 1. The molecule has 1 amide bonds. The van der Waals surface area contributed by atoms with Crippen molar-refractivity contribution in [2.75, 3.05) is 5.32 Å². The van der Waals surface area contributed by atoms with Crippen LogP contribution in [-0.4, -0.2) is 20.7 Å². The number of hydrogen-bond acceptors (Lipinski definition) is 6. The van der Waals surface area contributed by atoms with Gasteiger partial charge < -0.3 is 5.32 Å². The summed E-state index contributed by atoms with van der Waals surface area (Å²) in [6, 6.07) is 13.7. The Balaban J connectivity index is 1.62. The molecule has 3 heterocycles. The maximum Gasteiger partial charge on any atom is 0.267 e. The van der Waals surface area contributed by atoms with Crippen LogP contribution in [0.1, 0.15) is 18.0 Å². The van der Waals surface area contributed by atoms with Gasteiger partial charge in [0, 0.05) is 17.0 Å². The minimum absolute atomic E-state index is 0.317. The highest BCUT2D eigenvalue weighted by Crippen LogP contribution is 2.29. The number of nitrogens with zero attached hydrogens (tertiary/aromatic N) is 3. The van der Waals surface area contributed by atoms with Crippen LogP contribution in [0.4, 0.5) is 5.69 Å². The van der Waals surface area contributed by atoms with Crippen molar-refractivity contribution in [3.05, 3.63) is 74.7 Å². The molecule has 0 radical (unpaired) electrons. The molecule has 1 atom stereocenters. The number of aryl methyl sites for hydroxylation is 1. The van der Waals surface area contributed by atoms with E-state index in [4.69, 9.17) is 0 Å². The predicted octanol–water partition coefficient (Wildman–Crippen LogP) is 4.60. The fraction of sp³-hybridized carbons (Fsp3) is 0.143. The summed E-state index contributed by atoms with van der Waals surface area (Å²) in [5.74, 6) is -0.317. The van der Waals surface area contributed by atoms with Crippen LogP contribution in [0.15, 0.2) is 64.1 Å². The fourth-order valence-corrected chi connectivity index (χ4v) is 4.21. The highest BCUT2D eigenvalue weighted by Gasteiger charge is 2.20. The average Bonchev–Trinajstić information content (AvgIpc) is 3.40. The van der Waals surface area contributed by atoms with Gasteiger partial charge in [0.05, 0.1) is 21.3 Å². The third-order valence-corrected chi connectivity index (χ3v) is 6.09. The lowest BCUT2D eigenvalue weighted by Crippen LogP contribution is -2.33. The van der Waals surface area contributed by atoms with E-state index in [9.17, 15) is 9.59 Å². The number of hydrogen-bond donors (Lipinski definition) is 1. The molecule has 0 aliphatic rings. The van der Waals surface area contributed by atoms with E-state index in [2.05, 4.69) is 15.4 Å². The second-order valence-corrected chi connectivity index (χ2v) is 8.45. The van der Waals surface area contributed by atoms with E-state index in [1.54, 1.807) is 24.3 Å². The maximum absolute atomic E-state index is 12.9. The van der Waals surface area contributed by atoms with Crippen LogP contribution in [0.25, 0.3) is 21.8 Å². The molecule has 6 nitrogen and oxygen atoms in total. The van der Waals surface area contributed by atoms with Crippen molar-refractivity contribution in [2.24, 2.45) is 0 Å². The third-order valence-electron chi connectivity index (χ3n) is 4.42. The first kappa shape index (κ1) is 19.2. The van der Waals surface area contributed by atoms with Gasteiger partial charge in [0.15, 0.2) is 0 Å². The Bertz CT molecular complexity index is 1210. The molecule has 0 aliphatic heterocycles. The summed E-state index contributed by atoms with van der Waals surface area (Å²) >= 11 is 3.08. The van der Waals surface area contributed by atoms with E-state index in [0.717, 1.165) is 21.1 Å². The molecular formula is C21H18N4O2S2. The number of amides is 1. The molecule has 0 aliphatic carbocycles. The minimum atomic E-state index is -0.771. The number of para-hydroxylation sites is 1. The average molecular weight is 423 g/mol. The van der Waals surface area contributed by atoms with E-state index in [1.807, 2.05) is 54.1 Å². The van der Waals surface area contributed by atoms with Crippen molar-refractivity contribution in [2.45, 2.75) is 19.9 Å². The normalized spacial score (nSPS) is 11.9. The third kappa shape index (κ3) is 4.03. The summed E-state index contributed by atoms with van der Waals surface area (Å²) in [5, 5.41) is 12.2. The molecule has 3 aromatic heterocycles. The molecule has 1 N–H and O–H groups in total. The zero-order valence-corrected chi connectivity index (χ0v) is 17.5. The van der Waals surface area contributed by atoms with E-state index < -0.39 is 6.04 Å². The number of thiazole rings is 1. The van der Waals surface area contributed by atoms with Crippen molar-refractivity contribution >= 4 is 34.3 Å². The minimum Gasteiger partial charge on any atom is -0.324 e. The van der Waals surface area contributed by atoms with Crippen molar-refractivity contribution in [3.63, 3.8) is 0 Å². The molecule has 29 heavy (non-hydrogen) atoms. The Morgan fingerprint density at radius 1 is 1.07 bits per heavy atom. The first-order valence-electron chi connectivity index (χ1n) is 8.99. The molecule has 4 rings (SSSR count). The number of benzene rings is 1. The Morgan fingerprint density at radius 2 is 1.90 bits per heavy atom. The highest BCUT2D eigenvalue weighted by molar-refractivity contribution is 7.13. The smallest absolute Gasteiger partial charge is 0.267 e. The summed E-state index contributed by atoms with van der Waals surface area (Å²) in [7, 11) is 0. The van der Waals surface area contributed by atoms with Gasteiger partial charge in [0.2, 0.25) is 5.91 Å². The van der Waals surface area contributed by atoms with Crippen molar-refractivity contribution < 1.29 is 4.79 Å². The summed E-state index contributed by atoms with van der Waals surface area (Å²) in [4.78, 5) is 30.7. The Labute approximate surface area is 175 Å². The van der Waals surface area contributed by atoms with Crippen LogP contribution in [-0.2, 0) is 4.79 Å². The molecule has 0 unspecified atom stereocenters. The fourth-order valence-electron chi connectivity index (χ4n) is 2.91. The molecule has 8 heteroatoms. The Morgan fingerprint density at radius 3 is 2.62 bits per heavy atom. The molecule has 146 valence electrons. The van der Waals surface area contributed by atoms with Gasteiger partial charge >= 0.3 is 0 Å². The van der Waals surface area contributed by atoms with Gasteiger partial charge in [0.25, 0.3) is 5.56 Å². The first-order chi connectivity index (χ1) is 14.0. The van der Waals surface area contributed by atoms with E-state index in [1.165, 1.54) is 22.1 Å². The second kappa shape index (κ2) is 8.10. The number of thiophene rings is 1. The van der Waals surface area contributed by atoms with Gasteiger partial charge in [-0.25, -0.2) is 9.67 Å². The monoisotopic (exact) mass is 422 g/mol. The molecule has 1 aromatic carbocycles. The largest absolute Gasteiger partial charge is 0.324 e. The Hall–Kier alpha value is -3.10. The number of rotatable bonds is 5. The summed E-state index contributed by atoms with van der Waals surface area (Å²) in [6.45, 7) is 3.60. The number of nitrogens with one attached hydrogen (secondary N) is 1. The highest BCUT2D eigenvalue weighted by atomic mass is 32.1. The van der Waals surface area contributed by atoms with Gasteiger partial charge in [-0.3, -0.25) is 9.59 Å². The van der Waals surface area contributed by atoms with Crippen molar-refractivity contribution in [3.8, 4) is 21.8 Å². The van der Waals surface area contributed by atoms with E-state index in [-0.39, 0.29) is 11.5 Å². The lowest BCUT2D eigenvalue weighted by molar-refractivity contribution is -0.119. The number of anilines is 1. The standard InChI is InChI=1S/C21H18N4O2S2/c1-13(25-20(26)10-9-17(24-25)19-8-5-11-28-19)21(27)23-16-7-4-3-6-15(16)18-12-29-14(2)22-18/h3-13H,1-2H3,(H,23,27)/t13-/m1/s1. The zero-order valence-electron chi connectivity index (χ0n) is 15.8. The van der Waals surface area contributed by atoms with Crippen molar-refractivity contribution in [1.29, 1.82) is 0 Å². The van der Waals surface area contributed by atoms with Gasteiger partial charge in [-0.15, -0.1) is 22.7 Å². The zero-order chi connectivity index (χ0) is 20.4. The van der Waals surface area contributed by atoms with Crippen LogP contribution in [0.5, 0.6) is 0 Å². The molecule has 0 spiro atoms. The summed E-state index contributed by atoms with van der Waals surface area (Å²) < 4.78 is 1.22. The van der Waals surface area contributed by atoms with Gasteiger partial charge in [-0.05, 0) is 37.4 Å². The van der Waals surface area contributed by atoms with E-state index in [0.29, 0.717) is 11.4 Å². The van der Waals surface area contributed by atoms with Crippen LogP contribution in [0, 0.1) is 6.92 Å². The Kier molecular flexibility index (Phi) is 5.37. The van der Waals surface area contributed by atoms with Gasteiger partial charge in [-0.1, -0.05) is 24.3 Å².